The summed E-state index contributed by atoms with van der Waals surface area (Å²) < 4.78 is 0. The second-order valence-electron chi connectivity index (χ2n) is 6.39. The van der Waals surface area contributed by atoms with Gasteiger partial charge in [0.15, 0.2) is 0 Å². The zero-order valence-electron chi connectivity index (χ0n) is 13.3. The van der Waals surface area contributed by atoms with Gasteiger partial charge in [-0.2, -0.15) is 0 Å². The monoisotopic (exact) mass is 312 g/mol. The molecule has 120 valence electrons. The maximum Gasteiger partial charge on any atom is 0.232 e. The van der Waals surface area contributed by atoms with Gasteiger partial charge < -0.3 is 15.3 Å². The molecule has 1 unspecified atom stereocenters. The molecule has 5 nitrogen and oxygen atoms in total. The van der Waals surface area contributed by atoms with Crippen molar-refractivity contribution in [2.45, 2.75) is 20.3 Å². The summed E-state index contributed by atoms with van der Waals surface area (Å²) in [7, 11) is 0. The minimum Gasteiger partial charge on any atom is -0.507 e. The molecule has 2 amide bonds. The van der Waals surface area contributed by atoms with E-state index in [-0.39, 0.29) is 17.6 Å². The van der Waals surface area contributed by atoms with Crippen LogP contribution in [0.15, 0.2) is 36.4 Å². The van der Waals surface area contributed by atoms with Gasteiger partial charge in [0.1, 0.15) is 5.75 Å². The zero-order chi connectivity index (χ0) is 16.6. The number of rotatable bonds is 2. The van der Waals surface area contributed by atoms with E-state index < -0.39 is 5.41 Å². The van der Waals surface area contributed by atoms with Crippen molar-refractivity contribution in [3.8, 4) is 5.75 Å². The van der Waals surface area contributed by atoms with Crippen molar-refractivity contribution in [3.05, 3.63) is 36.4 Å². The first-order valence-corrected chi connectivity index (χ1v) is 7.68. The van der Waals surface area contributed by atoms with Crippen LogP contribution >= 0.6 is 0 Å². The van der Waals surface area contributed by atoms with Crippen LogP contribution in [0, 0.1) is 5.41 Å². The van der Waals surface area contributed by atoms with Crippen LogP contribution in [-0.4, -0.2) is 34.9 Å². The van der Waals surface area contributed by atoms with Crippen LogP contribution in [0.4, 0.5) is 5.69 Å². The molecule has 1 aliphatic rings. The Bertz CT molecular complexity index is 782. The Hall–Kier alpha value is -2.56. The third kappa shape index (κ3) is 2.74. The number of phenols is 1. The number of nitrogens with one attached hydrogen (secondary N) is 1. The first kappa shape index (κ1) is 15.3. The highest BCUT2D eigenvalue weighted by Gasteiger charge is 2.41. The first-order valence-electron chi connectivity index (χ1n) is 7.68. The molecule has 0 spiro atoms. The number of amides is 2. The Labute approximate surface area is 134 Å². The summed E-state index contributed by atoms with van der Waals surface area (Å²) in [5, 5.41) is 14.5. The van der Waals surface area contributed by atoms with Crippen LogP contribution in [0.25, 0.3) is 10.8 Å². The SMILES string of the molecule is CC(=O)N1CCC(C)(C(=O)Nc2cccc3cccc(O)c23)C1. The molecule has 1 heterocycles. The lowest BCUT2D eigenvalue weighted by Gasteiger charge is -2.23. The number of phenolic OH excluding ortho intramolecular Hbond substituents is 1. The molecule has 3 rings (SSSR count). The average molecular weight is 312 g/mol. The third-order valence-corrected chi connectivity index (χ3v) is 4.60. The van der Waals surface area contributed by atoms with Gasteiger partial charge >= 0.3 is 0 Å². The molecule has 0 aromatic heterocycles. The summed E-state index contributed by atoms with van der Waals surface area (Å²) in [5.74, 6) is 0.00155. The lowest BCUT2D eigenvalue weighted by Crippen LogP contribution is -2.37. The van der Waals surface area contributed by atoms with Gasteiger partial charge in [0.25, 0.3) is 0 Å². The summed E-state index contributed by atoms with van der Waals surface area (Å²) in [4.78, 5) is 25.9. The standard InChI is InChI=1S/C18H20N2O3/c1-12(21)20-10-9-18(2,11-20)17(23)19-14-7-3-5-13-6-4-8-15(22)16(13)14/h3-8,22H,9-11H2,1-2H3,(H,19,23). The molecular formula is C18H20N2O3. The van der Waals surface area contributed by atoms with Crippen molar-refractivity contribution in [2.75, 3.05) is 18.4 Å². The smallest absolute Gasteiger partial charge is 0.232 e. The fourth-order valence-corrected chi connectivity index (χ4v) is 3.11. The predicted molar refractivity (Wildman–Crippen MR) is 89.2 cm³/mol. The summed E-state index contributed by atoms with van der Waals surface area (Å²) >= 11 is 0. The molecule has 23 heavy (non-hydrogen) atoms. The van der Waals surface area contributed by atoms with Gasteiger partial charge in [-0.3, -0.25) is 9.59 Å². The van der Waals surface area contributed by atoms with E-state index in [1.165, 1.54) is 6.92 Å². The van der Waals surface area contributed by atoms with Gasteiger partial charge in [-0.25, -0.2) is 0 Å². The molecule has 0 radical (unpaired) electrons. The predicted octanol–water partition coefficient (Wildman–Crippen LogP) is 2.74. The van der Waals surface area contributed by atoms with E-state index in [2.05, 4.69) is 5.32 Å². The van der Waals surface area contributed by atoms with Gasteiger partial charge in [0.05, 0.1) is 11.1 Å². The molecule has 2 aromatic carbocycles. The quantitative estimate of drug-likeness (QED) is 0.896. The van der Waals surface area contributed by atoms with E-state index in [0.717, 1.165) is 5.39 Å². The van der Waals surface area contributed by atoms with Crippen LogP contribution in [0.2, 0.25) is 0 Å². The summed E-state index contributed by atoms with van der Waals surface area (Å²) in [6.45, 7) is 4.41. The molecule has 0 saturated carbocycles. The van der Waals surface area contributed by atoms with Gasteiger partial charge in [-0.1, -0.05) is 24.3 Å². The van der Waals surface area contributed by atoms with Crippen LogP contribution in [-0.2, 0) is 9.59 Å². The number of hydrogen-bond donors (Lipinski definition) is 2. The van der Waals surface area contributed by atoms with Crippen LogP contribution in [0.5, 0.6) is 5.75 Å². The van der Waals surface area contributed by atoms with Crippen molar-refractivity contribution in [1.29, 1.82) is 0 Å². The average Bonchev–Trinajstić information content (AvgIpc) is 2.92. The van der Waals surface area contributed by atoms with E-state index >= 15 is 0 Å². The minimum atomic E-state index is -0.613. The Kier molecular flexibility index (Phi) is 3.72. The Morgan fingerprint density at radius 2 is 1.91 bits per heavy atom. The molecule has 2 aromatic rings. The largest absolute Gasteiger partial charge is 0.507 e. The summed E-state index contributed by atoms with van der Waals surface area (Å²) in [5.41, 5.74) is -0.0220. The van der Waals surface area contributed by atoms with Gasteiger partial charge in [-0.05, 0) is 30.9 Å². The molecular weight excluding hydrogens is 292 g/mol. The molecule has 1 atom stereocenters. The lowest BCUT2D eigenvalue weighted by atomic mass is 9.88. The lowest BCUT2D eigenvalue weighted by molar-refractivity contribution is -0.129. The van der Waals surface area contributed by atoms with Crippen molar-refractivity contribution in [3.63, 3.8) is 0 Å². The Morgan fingerprint density at radius 3 is 2.57 bits per heavy atom. The molecule has 0 aliphatic carbocycles. The topological polar surface area (TPSA) is 69.6 Å². The highest BCUT2D eigenvalue weighted by atomic mass is 16.3. The normalized spacial score (nSPS) is 20.7. The number of carbonyl (C=O) groups is 2. The number of nitrogens with zero attached hydrogens (tertiary/aromatic N) is 1. The van der Waals surface area contributed by atoms with Crippen molar-refractivity contribution >= 4 is 28.3 Å². The molecule has 1 fully saturated rings. The Morgan fingerprint density at radius 1 is 1.22 bits per heavy atom. The van der Waals surface area contributed by atoms with Crippen molar-refractivity contribution < 1.29 is 14.7 Å². The maximum atomic E-state index is 12.7. The van der Waals surface area contributed by atoms with Crippen LogP contribution < -0.4 is 5.32 Å². The highest BCUT2D eigenvalue weighted by molar-refractivity contribution is 6.06. The van der Waals surface area contributed by atoms with Crippen molar-refractivity contribution in [2.24, 2.45) is 5.41 Å². The number of likely N-dealkylation sites (tertiary alicyclic amines) is 1. The van der Waals surface area contributed by atoms with Crippen LogP contribution in [0.1, 0.15) is 20.3 Å². The fourth-order valence-electron chi connectivity index (χ4n) is 3.11. The van der Waals surface area contributed by atoms with E-state index in [1.54, 1.807) is 23.1 Å². The second kappa shape index (κ2) is 5.57. The maximum absolute atomic E-state index is 12.7. The van der Waals surface area contributed by atoms with E-state index in [1.807, 2.05) is 25.1 Å². The second-order valence-corrected chi connectivity index (χ2v) is 6.39. The van der Waals surface area contributed by atoms with Gasteiger partial charge in [0.2, 0.25) is 11.8 Å². The van der Waals surface area contributed by atoms with Crippen molar-refractivity contribution in [1.82, 2.24) is 4.90 Å². The van der Waals surface area contributed by atoms with E-state index in [0.29, 0.717) is 30.6 Å². The Balaban J connectivity index is 1.88. The number of aromatic hydroxyl groups is 1. The van der Waals surface area contributed by atoms with Gasteiger partial charge in [0, 0.05) is 25.4 Å². The summed E-state index contributed by atoms with van der Waals surface area (Å²) in [6.07, 6.45) is 0.634. The molecule has 5 heteroatoms. The number of anilines is 1. The number of benzene rings is 2. The van der Waals surface area contributed by atoms with Gasteiger partial charge in [-0.15, -0.1) is 0 Å². The number of hydrogen-bond acceptors (Lipinski definition) is 3. The minimum absolute atomic E-state index is 0.00988. The first-order chi connectivity index (χ1) is 10.9. The fraction of sp³-hybridized carbons (Fsp3) is 0.333. The number of fused-ring (bicyclic) bond motifs is 1. The summed E-state index contributed by atoms with van der Waals surface area (Å²) in [6, 6.07) is 10.8. The highest BCUT2D eigenvalue weighted by Crippen LogP contribution is 2.35. The molecule has 1 aliphatic heterocycles. The number of carbonyl (C=O) groups excluding carboxylic acids is 2. The van der Waals surface area contributed by atoms with E-state index in [9.17, 15) is 14.7 Å². The zero-order valence-corrected chi connectivity index (χ0v) is 13.3. The molecule has 1 saturated heterocycles. The van der Waals surface area contributed by atoms with E-state index in [4.69, 9.17) is 0 Å². The third-order valence-electron chi connectivity index (χ3n) is 4.60. The molecule has 0 bridgehead atoms. The molecule has 2 N–H and O–H groups in total. The van der Waals surface area contributed by atoms with Crippen LogP contribution in [0.3, 0.4) is 0 Å².